The standard InChI is InChI=1S/C21H18F4N4O/c22-16-7-4-8-17(13-16)29-19(21(23,24)25)18(26-27-29)20(30)28-11-9-15(10-12-28)14-5-2-1-3-6-14/h1-8,13,15H,9-12H2. The summed E-state index contributed by atoms with van der Waals surface area (Å²) in [6, 6.07) is 14.4. The van der Waals surface area contributed by atoms with Crippen molar-refractivity contribution in [2.75, 3.05) is 13.1 Å². The van der Waals surface area contributed by atoms with Crippen LogP contribution in [0.1, 0.15) is 40.5 Å². The number of halogens is 4. The Hall–Kier alpha value is -3.23. The van der Waals surface area contributed by atoms with Crippen molar-refractivity contribution in [3.05, 3.63) is 77.4 Å². The first kappa shape index (κ1) is 20.1. The minimum absolute atomic E-state index is 0.156. The molecule has 0 spiro atoms. The van der Waals surface area contributed by atoms with Crippen LogP contribution in [-0.4, -0.2) is 38.9 Å². The van der Waals surface area contributed by atoms with Crippen molar-refractivity contribution in [3.63, 3.8) is 0 Å². The number of hydrogen-bond donors (Lipinski definition) is 0. The first-order valence-electron chi connectivity index (χ1n) is 9.47. The van der Waals surface area contributed by atoms with Crippen molar-refractivity contribution in [2.24, 2.45) is 0 Å². The summed E-state index contributed by atoms with van der Waals surface area (Å²) in [5.41, 5.74) is -1.08. The van der Waals surface area contributed by atoms with E-state index < -0.39 is 29.3 Å². The van der Waals surface area contributed by atoms with Crippen LogP contribution in [0.25, 0.3) is 5.69 Å². The van der Waals surface area contributed by atoms with E-state index in [2.05, 4.69) is 10.3 Å². The molecule has 4 rings (SSSR count). The average Bonchev–Trinajstić information content (AvgIpc) is 3.20. The molecule has 0 bridgehead atoms. The molecule has 1 aliphatic heterocycles. The number of benzene rings is 2. The van der Waals surface area contributed by atoms with Crippen molar-refractivity contribution in [3.8, 4) is 5.69 Å². The van der Waals surface area contributed by atoms with Crippen molar-refractivity contribution in [2.45, 2.75) is 24.9 Å². The Bertz CT molecular complexity index is 1040. The number of carbonyl (C=O) groups is 1. The fraction of sp³-hybridized carbons (Fsp3) is 0.286. The van der Waals surface area contributed by atoms with Crippen LogP contribution < -0.4 is 0 Å². The number of piperidine rings is 1. The highest BCUT2D eigenvalue weighted by Crippen LogP contribution is 2.34. The van der Waals surface area contributed by atoms with Crippen LogP contribution in [0.3, 0.4) is 0 Å². The lowest BCUT2D eigenvalue weighted by Crippen LogP contribution is -2.39. The van der Waals surface area contributed by atoms with E-state index in [9.17, 15) is 22.4 Å². The molecule has 5 nitrogen and oxygen atoms in total. The first-order chi connectivity index (χ1) is 14.3. The van der Waals surface area contributed by atoms with Crippen LogP contribution in [0.2, 0.25) is 0 Å². The number of aromatic nitrogens is 3. The van der Waals surface area contributed by atoms with Gasteiger partial charge >= 0.3 is 6.18 Å². The van der Waals surface area contributed by atoms with Crippen molar-refractivity contribution in [1.82, 2.24) is 19.9 Å². The van der Waals surface area contributed by atoms with Crippen LogP contribution >= 0.6 is 0 Å². The molecular weight excluding hydrogens is 400 g/mol. The summed E-state index contributed by atoms with van der Waals surface area (Å²) in [5, 5.41) is 7.03. The van der Waals surface area contributed by atoms with Gasteiger partial charge < -0.3 is 4.90 Å². The highest BCUT2D eigenvalue weighted by atomic mass is 19.4. The summed E-state index contributed by atoms with van der Waals surface area (Å²) < 4.78 is 55.3. The van der Waals surface area contributed by atoms with E-state index in [1.165, 1.54) is 17.0 Å². The zero-order valence-electron chi connectivity index (χ0n) is 15.8. The van der Waals surface area contributed by atoms with Crippen molar-refractivity contribution >= 4 is 5.91 Å². The van der Waals surface area contributed by atoms with Crippen LogP contribution in [0.5, 0.6) is 0 Å². The molecule has 2 aromatic carbocycles. The number of nitrogens with zero attached hydrogens (tertiary/aromatic N) is 4. The second kappa shape index (κ2) is 7.89. The van der Waals surface area contributed by atoms with Crippen LogP contribution in [0, 0.1) is 5.82 Å². The molecule has 1 saturated heterocycles. The summed E-state index contributed by atoms with van der Waals surface area (Å²) in [6.45, 7) is 0.644. The van der Waals surface area contributed by atoms with E-state index in [0.717, 1.165) is 17.7 Å². The van der Waals surface area contributed by atoms with Gasteiger partial charge in [0.1, 0.15) is 5.82 Å². The van der Waals surface area contributed by atoms with Gasteiger partial charge in [0.05, 0.1) is 5.69 Å². The minimum atomic E-state index is -4.89. The molecule has 0 atom stereocenters. The molecule has 0 unspecified atom stereocenters. The summed E-state index contributed by atoms with van der Waals surface area (Å²) in [7, 11) is 0. The highest BCUT2D eigenvalue weighted by Gasteiger charge is 2.43. The number of likely N-dealkylation sites (tertiary alicyclic amines) is 1. The molecule has 1 aliphatic rings. The number of hydrogen-bond acceptors (Lipinski definition) is 3. The van der Waals surface area contributed by atoms with Gasteiger partial charge in [0.15, 0.2) is 11.4 Å². The largest absolute Gasteiger partial charge is 0.435 e. The zero-order chi connectivity index (χ0) is 21.3. The Kier molecular flexibility index (Phi) is 5.27. The fourth-order valence-electron chi connectivity index (χ4n) is 3.76. The smallest absolute Gasteiger partial charge is 0.337 e. The van der Waals surface area contributed by atoms with Gasteiger partial charge in [-0.3, -0.25) is 4.79 Å². The lowest BCUT2D eigenvalue weighted by molar-refractivity contribution is -0.143. The molecular formula is C21H18F4N4O. The zero-order valence-corrected chi connectivity index (χ0v) is 15.8. The normalized spacial score (nSPS) is 15.4. The molecule has 2 heterocycles. The predicted octanol–water partition coefficient (Wildman–Crippen LogP) is 4.45. The number of carbonyl (C=O) groups excluding carboxylic acids is 1. The summed E-state index contributed by atoms with van der Waals surface area (Å²) in [6.07, 6.45) is -3.59. The Morgan fingerprint density at radius 1 is 1.00 bits per heavy atom. The maximum atomic E-state index is 13.8. The van der Waals surface area contributed by atoms with E-state index in [-0.39, 0.29) is 11.6 Å². The topological polar surface area (TPSA) is 51.0 Å². The molecule has 1 fully saturated rings. The summed E-state index contributed by atoms with van der Waals surface area (Å²) in [5.74, 6) is -1.29. The van der Waals surface area contributed by atoms with E-state index in [4.69, 9.17) is 0 Å². The Balaban J connectivity index is 1.59. The van der Waals surface area contributed by atoms with E-state index >= 15 is 0 Å². The van der Waals surface area contributed by atoms with Gasteiger partial charge in [-0.15, -0.1) is 5.10 Å². The molecule has 0 saturated carbocycles. The predicted molar refractivity (Wildman–Crippen MR) is 101 cm³/mol. The molecule has 3 aromatic rings. The van der Waals surface area contributed by atoms with Gasteiger partial charge in [-0.25, -0.2) is 9.07 Å². The van der Waals surface area contributed by atoms with Gasteiger partial charge in [-0.2, -0.15) is 13.2 Å². The van der Waals surface area contributed by atoms with Gasteiger partial charge in [-0.05, 0) is 42.5 Å². The number of amides is 1. The molecule has 156 valence electrons. The minimum Gasteiger partial charge on any atom is -0.337 e. The van der Waals surface area contributed by atoms with Crippen molar-refractivity contribution in [1.29, 1.82) is 0 Å². The van der Waals surface area contributed by atoms with E-state index in [1.54, 1.807) is 0 Å². The summed E-state index contributed by atoms with van der Waals surface area (Å²) >= 11 is 0. The SMILES string of the molecule is O=C(c1nnn(-c2cccc(F)c2)c1C(F)(F)F)N1CCC(c2ccccc2)CC1. The lowest BCUT2D eigenvalue weighted by Gasteiger charge is -2.32. The Morgan fingerprint density at radius 2 is 1.70 bits per heavy atom. The quantitative estimate of drug-likeness (QED) is 0.591. The Morgan fingerprint density at radius 3 is 2.33 bits per heavy atom. The molecule has 0 N–H and O–H groups in total. The third kappa shape index (κ3) is 3.92. The fourth-order valence-corrected chi connectivity index (χ4v) is 3.76. The van der Waals surface area contributed by atoms with Gasteiger partial charge in [0.25, 0.3) is 5.91 Å². The third-order valence-electron chi connectivity index (χ3n) is 5.25. The monoisotopic (exact) mass is 418 g/mol. The van der Waals surface area contributed by atoms with Crippen LogP contribution in [0.4, 0.5) is 17.6 Å². The first-order valence-corrected chi connectivity index (χ1v) is 9.47. The second-order valence-electron chi connectivity index (χ2n) is 7.15. The molecule has 9 heteroatoms. The molecule has 0 aliphatic carbocycles. The average molecular weight is 418 g/mol. The molecule has 1 aromatic heterocycles. The van der Waals surface area contributed by atoms with E-state index in [0.29, 0.717) is 30.6 Å². The summed E-state index contributed by atoms with van der Waals surface area (Å²) in [4.78, 5) is 14.2. The van der Waals surface area contributed by atoms with Crippen molar-refractivity contribution < 1.29 is 22.4 Å². The third-order valence-corrected chi connectivity index (χ3v) is 5.25. The van der Waals surface area contributed by atoms with E-state index in [1.807, 2.05) is 30.3 Å². The Labute approximate surface area is 169 Å². The van der Waals surface area contributed by atoms with Gasteiger partial charge in [-0.1, -0.05) is 41.6 Å². The molecule has 1 amide bonds. The lowest BCUT2D eigenvalue weighted by atomic mass is 9.89. The van der Waals surface area contributed by atoms with Gasteiger partial charge in [0, 0.05) is 13.1 Å². The van der Waals surface area contributed by atoms with Crippen LogP contribution in [-0.2, 0) is 6.18 Å². The van der Waals surface area contributed by atoms with Crippen LogP contribution in [0.15, 0.2) is 54.6 Å². The second-order valence-corrected chi connectivity index (χ2v) is 7.15. The molecule has 30 heavy (non-hydrogen) atoms. The molecule has 0 radical (unpaired) electrons. The number of rotatable bonds is 3. The van der Waals surface area contributed by atoms with Gasteiger partial charge in [0.2, 0.25) is 0 Å². The maximum absolute atomic E-state index is 13.8. The highest BCUT2D eigenvalue weighted by molar-refractivity contribution is 5.93. The number of alkyl halides is 3. The maximum Gasteiger partial charge on any atom is 0.435 e.